The van der Waals surface area contributed by atoms with Crippen molar-refractivity contribution in [3.8, 4) is 34.0 Å². The van der Waals surface area contributed by atoms with Crippen LogP contribution in [0.4, 0.5) is 10.5 Å². The molecule has 0 radical (unpaired) electrons. The van der Waals surface area contributed by atoms with Crippen molar-refractivity contribution in [1.82, 2.24) is 14.9 Å². The first-order valence-corrected chi connectivity index (χ1v) is 14.2. The number of benzene rings is 3. The summed E-state index contributed by atoms with van der Waals surface area (Å²) in [6.45, 7) is 3.40. The van der Waals surface area contributed by atoms with E-state index in [1.807, 2.05) is 36.4 Å². The van der Waals surface area contributed by atoms with Crippen LogP contribution in [-0.4, -0.2) is 42.1 Å². The SMILES string of the molecule is CCCn1c(SCCNC(=O)Nc2ccc(Cl)c(Cl)c2)nc(-c2ccc(OC)cc2)c1-c1ccc(OC)cc1. The number of urea groups is 1. The minimum absolute atomic E-state index is 0.316. The van der Waals surface area contributed by atoms with Crippen LogP contribution in [0.5, 0.6) is 11.5 Å². The van der Waals surface area contributed by atoms with E-state index in [0.717, 1.165) is 52.1 Å². The van der Waals surface area contributed by atoms with Crippen molar-refractivity contribution < 1.29 is 14.3 Å². The molecule has 0 aliphatic heterocycles. The van der Waals surface area contributed by atoms with Crippen molar-refractivity contribution in [1.29, 1.82) is 0 Å². The smallest absolute Gasteiger partial charge is 0.319 e. The average molecular weight is 586 g/mol. The van der Waals surface area contributed by atoms with E-state index in [2.05, 4.69) is 34.3 Å². The van der Waals surface area contributed by atoms with Gasteiger partial charge in [0.15, 0.2) is 5.16 Å². The molecule has 1 aromatic heterocycles. The number of thioether (sulfide) groups is 1. The fourth-order valence-corrected chi connectivity index (χ4v) is 5.20. The molecule has 0 bridgehead atoms. The van der Waals surface area contributed by atoms with E-state index < -0.39 is 0 Å². The molecule has 10 heteroatoms. The number of halogens is 2. The second-order valence-electron chi connectivity index (χ2n) is 8.56. The number of imidazole rings is 1. The average Bonchev–Trinajstić information content (AvgIpc) is 3.31. The molecule has 2 N–H and O–H groups in total. The first-order valence-electron chi connectivity index (χ1n) is 12.5. The molecule has 3 aromatic carbocycles. The number of hydrogen-bond donors (Lipinski definition) is 2. The van der Waals surface area contributed by atoms with Gasteiger partial charge in [0.25, 0.3) is 0 Å². The van der Waals surface area contributed by atoms with Crippen LogP contribution < -0.4 is 20.1 Å². The minimum Gasteiger partial charge on any atom is -0.497 e. The molecule has 0 saturated heterocycles. The Morgan fingerprint density at radius 2 is 1.56 bits per heavy atom. The van der Waals surface area contributed by atoms with Crippen molar-refractivity contribution >= 4 is 46.7 Å². The van der Waals surface area contributed by atoms with Gasteiger partial charge < -0.3 is 24.7 Å². The second-order valence-corrected chi connectivity index (χ2v) is 10.4. The molecular formula is C29H30Cl2N4O3S. The van der Waals surface area contributed by atoms with Crippen LogP contribution in [0.2, 0.25) is 10.0 Å². The number of aromatic nitrogens is 2. The van der Waals surface area contributed by atoms with Gasteiger partial charge in [-0.05, 0) is 73.2 Å². The molecule has 0 aliphatic rings. The number of anilines is 1. The third kappa shape index (κ3) is 7.20. The Kier molecular flexibility index (Phi) is 10.0. The van der Waals surface area contributed by atoms with Gasteiger partial charge >= 0.3 is 6.03 Å². The fraction of sp³-hybridized carbons (Fsp3) is 0.241. The Hall–Kier alpha value is -3.33. The monoisotopic (exact) mass is 584 g/mol. The van der Waals surface area contributed by atoms with E-state index >= 15 is 0 Å². The van der Waals surface area contributed by atoms with Crippen LogP contribution in [0.25, 0.3) is 22.5 Å². The summed E-state index contributed by atoms with van der Waals surface area (Å²) in [5, 5.41) is 7.36. The molecule has 4 aromatic rings. The highest BCUT2D eigenvalue weighted by Gasteiger charge is 2.20. The van der Waals surface area contributed by atoms with Gasteiger partial charge in [-0.25, -0.2) is 9.78 Å². The standard InChI is InChI=1S/C29H30Cl2N4O3S/c1-4-16-35-27(20-7-12-23(38-3)13-8-20)26(19-5-10-22(37-2)11-6-19)34-29(35)39-17-15-32-28(36)33-21-9-14-24(30)25(31)18-21/h5-14,18H,4,15-17H2,1-3H3,(H2,32,33,36). The van der Waals surface area contributed by atoms with Gasteiger partial charge in [-0.2, -0.15) is 0 Å². The molecule has 0 aliphatic carbocycles. The topological polar surface area (TPSA) is 77.4 Å². The predicted molar refractivity (Wildman–Crippen MR) is 161 cm³/mol. The predicted octanol–water partition coefficient (Wildman–Crippen LogP) is 7.86. The van der Waals surface area contributed by atoms with Gasteiger partial charge in [-0.15, -0.1) is 0 Å². The lowest BCUT2D eigenvalue weighted by molar-refractivity contribution is 0.252. The van der Waals surface area contributed by atoms with Crippen molar-refractivity contribution in [3.05, 3.63) is 76.8 Å². The summed E-state index contributed by atoms with van der Waals surface area (Å²) in [6, 6.07) is 20.6. The highest BCUT2D eigenvalue weighted by Crippen LogP contribution is 2.37. The number of nitrogens with zero attached hydrogens (tertiary/aromatic N) is 2. The molecule has 2 amide bonds. The Balaban J connectivity index is 1.54. The van der Waals surface area contributed by atoms with E-state index in [-0.39, 0.29) is 6.03 Å². The zero-order valence-corrected chi connectivity index (χ0v) is 24.3. The minimum atomic E-state index is -0.316. The highest BCUT2D eigenvalue weighted by molar-refractivity contribution is 7.99. The number of carbonyl (C=O) groups excluding carboxylic acids is 1. The molecule has 204 valence electrons. The van der Waals surface area contributed by atoms with Crippen LogP contribution in [-0.2, 0) is 6.54 Å². The largest absolute Gasteiger partial charge is 0.497 e. The van der Waals surface area contributed by atoms with Gasteiger partial charge in [0, 0.05) is 35.7 Å². The lowest BCUT2D eigenvalue weighted by Crippen LogP contribution is -2.30. The summed E-state index contributed by atoms with van der Waals surface area (Å²) >= 11 is 13.6. The molecule has 0 atom stereocenters. The molecule has 0 fully saturated rings. The lowest BCUT2D eigenvalue weighted by Gasteiger charge is -2.13. The summed E-state index contributed by atoms with van der Waals surface area (Å²) in [7, 11) is 3.31. The molecule has 39 heavy (non-hydrogen) atoms. The first kappa shape index (κ1) is 28.7. The summed E-state index contributed by atoms with van der Waals surface area (Å²) in [5.74, 6) is 2.23. The van der Waals surface area contributed by atoms with Crippen LogP contribution in [0.15, 0.2) is 71.9 Å². The van der Waals surface area contributed by atoms with Crippen molar-refractivity contribution in [3.63, 3.8) is 0 Å². The highest BCUT2D eigenvalue weighted by atomic mass is 35.5. The maximum Gasteiger partial charge on any atom is 0.319 e. The number of methoxy groups -OCH3 is 2. The van der Waals surface area contributed by atoms with Crippen LogP contribution in [0.3, 0.4) is 0 Å². The van der Waals surface area contributed by atoms with Crippen molar-refractivity contribution in [2.45, 2.75) is 25.0 Å². The van der Waals surface area contributed by atoms with E-state index in [4.69, 9.17) is 37.7 Å². The molecule has 1 heterocycles. The molecule has 4 rings (SSSR count). The van der Waals surface area contributed by atoms with E-state index in [1.54, 1.807) is 44.2 Å². The Morgan fingerprint density at radius 3 is 2.15 bits per heavy atom. The van der Waals surface area contributed by atoms with Gasteiger partial charge in [0.05, 0.1) is 35.7 Å². The number of amides is 2. The van der Waals surface area contributed by atoms with E-state index in [1.165, 1.54) is 0 Å². The Labute approximate surface area is 242 Å². The van der Waals surface area contributed by atoms with E-state index in [9.17, 15) is 4.79 Å². The molecule has 0 spiro atoms. The summed E-state index contributed by atoms with van der Waals surface area (Å²) in [5.41, 5.74) is 4.55. The van der Waals surface area contributed by atoms with Gasteiger partial charge in [0.2, 0.25) is 0 Å². The fourth-order valence-electron chi connectivity index (χ4n) is 4.02. The second kappa shape index (κ2) is 13.6. The summed E-state index contributed by atoms with van der Waals surface area (Å²) in [4.78, 5) is 17.4. The number of ether oxygens (including phenoxy) is 2. The maximum absolute atomic E-state index is 12.4. The third-order valence-corrected chi connectivity index (χ3v) is 7.62. The van der Waals surface area contributed by atoms with Crippen molar-refractivity contribution in [2.75, 3.05) is 31.8 Å². The van der Waals surface area contributed by atoms with Crippen LogP contribution in [0, 0.1) is 0 Å². The van der Waals surface area contributed by atoms with Gasteiger partial charge in [-0.1, -0.05) is 41.9 Å². The number of rotatable bonds is 11. The molecule has 0 saturated carbocycles. The van der Waals surface area contributed by atoms with Crippen LogP contribution >= 0.6 is 35.0 Å². The van der Waals surface area contributed by atoms with Crippen LogP contribution in [0.1, 0.15) is 13.3 Å². The zero-order chi connectivity index (χ0) is 27.8. The number of hydrogen-bond acceptors (Lipinski definition) is 5. The maximum atomic E-state index is 12.4. The van der Waals surface area contributed by atoms with Crippen molar-refractivity contribution in [2.24, 2.45) is 0 Å². The molecule has 7 nitrogen and oxygen atoms in total. The first-order chi connectivity index (χ1) is 18.9. The Bertz CT molecular complexity index is 1410. The zero-order valence-electron chi connectivity index (χ0n) is 22.0. The third-order valence-electron chi connectivity index (χ3n) is 5.90. The summed E-state index contributed by atoms with van der Waals surface area (Å²) < 4.78 is 13.0. The van der Waals surface area contributed by atoms with E-state index in [0.29, 0.717) is 28.0 Å². The quantitative estimate of drug-likeness (QED) is 0.138. The Morgan fingerprint density at radius 1 is 0.923 bits per heavy atom. The lowest BCUT2D eigenvalue weighted by atomic mass is 10.0. The summed E-state index contributed by atoms with van der Waals surface area (Å²) in [6.07, 6.45) is 0.944. The molecular weight excluding hydrogens is 555 g/mol. The number of nitrogens with one attached hydrogen (secondary N) is 2. The van der Waals surface area contributed by atoms with Gasteiger partial charge in [-0.3, -0.25) is 0 Å². The normalized spacial score (nSPS) is 10.8. The van der Waals surface area contributed by atoms with Gasteiger partial charge in [0.1, 0.15) is 11.5 Å². The molecule has 0 unspecified atom stereocenters. The number of carbonyl (C=O) groups is 1.